The van der Waals surface area contributed by atoms with Crippen molar-refractivity contribution in [3.8, 4) is 23.2 Å². The summed E-state index contributed by atoms with van der Waals surface area (Å²) in [4.78, 5) is 27.6. The fourth-order valence-corrected chi connectivity index (χ4v) is 7.54. The summed E-state index contributed by atoms with van der Waals surface area (Å²) in [6.07, 6.45) is 6.55. The quantitative estimate of drug-likeness (QED) is 0.341. The van der Waals surface area contributed by atoms with Crippen molar-refractivity contribution in [3.05, 3.63) is 59.7 Å². The van der Waals surface area contributed by atoms with E-state index in [1.54, 1.807) is 0 Å². The molecule has 2 atom stereocenters. The van der Waals surface area contributed by atoms with Gasteiger partial charge in [-0.1, -0.05) is 24.8 Å². The van der Waals surface area contributed by atoms with E-state index >= 15 is 4.39 Å². The van der Waals surface area contributed by atoms with Gasteiger partial charge in [-0.15, -0.1) is 0 Å². The first-order valence-electron chi connectivity index (χ1n) is 15.5. The number of aryl methyl sites for hydroxylation is 1. The van der Waals surface area contributed by atoms with Crippen LogP contribution in [0.1, 0.15) is 49.7 Å². The summed E-state index contributed by atoms with van der Waals surface area (Å²) in [5.41, 5.74) is 4.77. The number of aromatic nitrogens is 2. The van der Waals surface area contributed by atoms with Gasteiger partial charge in [-0.2, -0.15) is 15.2 Å². The number of nitriles is 1. The molecule has 10 heteroatoms. The highest BCUT2D eigenvalue weighted by atomic mass is 19.1. The number of hydrogen-bond acceptors (Lipinski definition) is 7. The summed E-state index contributed by atoms with van der Waals surface area (Å²) in [5.74, 6) is -1.75. The number of piperazine rings is 1. The van der Waals surface area contributed by atoms with Crippen LogP contribution in [0.4, 0.5) is 14.6 Å². The van der Waals surface area contributed by atoms with Gasteiger partial charge in [0.2, 0.25) is 0 Å². The number of likely N-dealkylation sites (tertiary alicyclic amines) is 1. The highest BCUT2D eigenvalue weighted by Gasteiger charge is 2.49. The third-order valence-electron chi connectivity index (χ3n) is 10.1. The Labute approximate surface area is 255 Å². The first kappa shape index (κ1) is 28.7. The van der Waals surface area contributed by atoms with Crippen molar-refractivity contribution in [1.29, 1.82) is 5.26 Å². The zero-order valence-electron chi connectivity index (χ0n) is 25.0. The SMILES string of the molecule is C=C(F)C(=O)N1CCN(c2nc(OC[C@@H]3CCCN3C)nc3cc(-c4cccc5c4C4(CC5)CC4)c(F)cc23)C[C@@H]1CC#N. The second-order valence-corrected chi connectivity index (χ2v) is 12.8. The lowest BCUT2D eigenvalue weighted by Gasteiger charge is -2.41. The van der Waals surface area contributed by atoms with Crippen molar-refractivity contribution in [1.82, 2.24) is 19.8 Å². The molecule has 0 unspecified atom stereocenters. The Hall–Kier alpha value is -4.10. The highest BCUT2D eigenvalue weighted by molar-refractivity contribution is 5.94. The van der Waals surface area contributed by atoms with Gasteiger partial charge in [0.05, 0.1) is 24.0 Å². The third-order valence-corrected chi connectivity index (χ3v) is 10.1. The smallest absolute Gasteiger partial charge is 0.319 e. The zero-order chi connectivity index (χ0) is 30.6. The molecule has 3 heterocycles. The molecular formula is C34H36F2N6O2. The van der Waals surface area contributed by atoms with Crippen LogP contribution in [-0.4, -0.2) is 77.6 Å². The summed E-state index contributed by atoms with van der Waals surface area (Å²) in [6, 6.07) is 11.5. The minimum atomic E-state index is -1.06. The lowest BCUT2D eigenvalue weighted by Crippen LogP contribution is -2.55. The number of amides is 1. The molecule has 1 aromatic heterocycles. The van der Waals surface area contributed by atoms with Gasteiger partial charge in [0, 0.05) is 36.6 Å². The molecule has 0 N–H and O–H groups in total. The topological polar surface area (TPSA) is 85.6 Å². The number of nitrogens with zero attached hydrogens (tertiary/aromatic N) is 6. The molecule has 4 aliphatic rings. The molecule has 1 saturated carbocycles. The largest absolute Gasteiger partial charge is 0.462 e. The fourth-order valence-electron chi connectivity index (χ4n) is 7.54. The fraction of sp³-hybridized carbons (Fsp3) is 0.471. The number of halogens is 2. The van der Waals surface area contributed by atoms with Gasteiger partial charge in [-0.25, -0.2) is 8.78 Å². The molecule has 2 saturated heterocycles. The van der Waals surface area contributed by atoms with E-state index in [9.17, 15) is 14.4 Å². The monoisotopic (exact) mass is 598 g/mol. The average Bonchev–Trinajstić information content (AvgIpc) is 3.55. The second kappa shape index (κ2) is 11.1. The summed E-state index contributed by atoms with van der Waals surface area (Å²) < 4.78 is 36.2. The third kappa shape index (κ3) is 4.97. The maximum Gasteiger partial charge on any atom is 0.319 e. The van der Waals surface area contributed by atoms with Crippen LogP contribution in [0, 0.1) is 17.1 Å². The normalized spacial score (nSPS) is 22.3. The molecule has 1 amide bonds. The molecule has 0 bridgehead atoms. The number of likely N-dealkylation sites (N-methyl/N-ethyl adjacent to an activating group) is 1. The Bertz CT molecular complexity index is 1700. The molecule has 228 valence electrons. The van der Waals surface area contributed by atoms with Crippen molar-refractivity contribution < 1.29 is 18.3 Å². The van der Waals surface area contributed by atoms with E-state index < -0.39 is 17.8 Å². The van der Waals surface area contributed by atoms with E-state index in [-0.39, 0.29) is 42.8 Å². The highest BCUT2D eigenvalue weighted by Crippen LogP contribution is 2.59. The van der Waals surface area contributed by atoms with Crippen LogP contribution in [-0.2, 0) is 16.6 Å². The van der Waals surface area contributed by atoms with Crippen molar-refractivity contribution in [2.75, 3.05) is 44.7 Å². The predicted molar refractivity (Wildman–Crippen MR) is 164 cm³/mol. The first-order chi connectivity index (χ1) is 21.3. The Morgan fingerprint density at radius 2 is 2.00 bits per heavy atom. The summed E-state index contributed by atoms with van der Waals surface area (Å²) in [7, 11) is 2.08. The Morgan fingerprint density at radius 3 is 2.73 bits per heavy atom. The molecule has 2 aromatic carbocycles. The predicted octanol–water partition coefficient (Wildman–Crippen LogP) is 5.30. The lowest BCUT2D eigenvalue weighted by molar-refractivity contribution is -0.131. The van der Waals surface area contributed by atoms with Crippen molar-refractivity contribution in [2.24, 2.45) is 0 Å². The van der Waals surface area contributed by atoms with Gasteiger partial charge >= 0.3 is 6.01 Å². The Kier molecular flexibility index (Phi) is 7.24. The van der Waals surface area contributed by atoms with Crippen LogP contribution in [0.2, 0.25) is 0 Å². The summed E-state index contributed by atoms with van der Waals surface area (Å²) in [5, 5.41) is 10.0. The first-order valence-corrected chi connectivity index (χ1v) is 15.5. The molecule has 2 aliphatic heterocycles. The Morgan fingerprint density at radius 1 is 1.16 bits per heavy atom. The molecule has 44 heavy (non-hydrogen) atoms. The van der Waals surface area contributed by atoms with Crippen LogP contribution in [0.5, 0.6) is 6.01 Å². The number of carbonyl (C=O) groups excluding carboxylic acids is 1. The number of anilines is 1. The number of ether oxygens (including phenoxy) is 1. The maximum atomic E-state index is 16.2. The number of rotatable bonds is 7. The van der Waals surface area contributed by atoms with Gasteiger partial charge in [-0.3, -0.25) is 4.79 Å². The summed E-state index contributed by atoms with van der Waals surface area (Å²) >= 11 is 0. The van der Waals surface area contributed by atoms with Crippen molar-refractivity contribution in [3.63, 3.8) is 0 Å². The van der Waals surface area contributed by atoms with Crippen LogP contribution >= 0.6 is 0 Å². The lowest BCUT2D eigenvalue weighted by atomic mass is 9.89. The van der Waals surface area contributed by atoms with Gasteiger partial charge in [0.25, 0.3) is 5.91 Å². The van der Waals surface area contributed by atoms with E-state index in [0.29, 0.717) is 35.4 Å². The van der Waals surface area contributed by atoms with E-state index in [0.717, 1.165) is 50.6 Å². The average molecular weight is 599 g/mol. The van der Waals surface area contributed by atoms with Crippen LogP contribution in [0.25, 0.3) is 22.0 Å². The molecule has 3 fully saturated rings. The van der Waals surface area contributed by atoms with E-state index in [4.69, 9.17) is 14.7 Å². The zero-order valence-corrected chi connectivity index (χ0v) is 25.0. The summed E-state index contributed by atoms with van der Waals surface area (Å²) in [6.45, 7) is 5.31. The van der Waals surface area contributed by atoms with Crippen LogP contribution in [0.3, 0.4) is 0 Å². The number of benzene rings is 2. The molecule has 8 nitrogen and oxygen atoms in total. The van der Waals surface area contributed by atoms with E-state index in [1.807, 2.05) is 23.1 Å². The minimum absolute atomic E-state index is 0.00921. The van der Waals surface area contributed by atoms with Crippen molar-refractivity contribution >= 4 is 22.6 Å². The van der Waals surface area contributed by atoms with Crippen molar-refractivity contribution in [2.45, 2.75) is 62.4 Å². The van der Waals surface area contributed by atoms with E-state index in [1.165, 1.54) is 22.1 Å². The van der Waals surface area contributed by atoms with Crippen LogP contribution in [0.15, 0.2) is 42.7 Å². The van der Waals surface area contributed by atoms with Gasteiger partial charge in [-0.05, 0) is 86.4 Å². The van der Waals surface area contributed by atoms with Gasteiger partial charge in [0.1, 0.15) is 18.2 Å². The Balaban J connectivity index is 1.30. The molecule has 3 aromatic rings. The van der Waals surface area contributed by atoms with Crippen LogP contribution < -0.4 is 9.64 Å². The van der Waals surface area contributed by atoms with E-state index in [2.05, 4.69) is 30.7 Å². The number of hydrogen-bond donors (Lipinski definition) is 0. The molecule has 2 aliphatic carbocycles. The number of fused-ring (bicyclic) bond motifs is 3. The molecule has 1 spiro atoms. The minimum Gasteiger partial charge on any atom is -0.462 e. The molecular weight excluding hydrogens is 562 g/mol. The maximum absolute atomic E-state index is 16.2. The van der Waals surface area contributed by atoms with Gasteiger partial charge in [0.15, 0.2) is 5.83 Å². The second-order valence-electron chi connectivity index (χ2n) is 12.8. The number of carbonyl (C=O) groups is 1. The molecule has 0 radical (unpaired) electrons. The molecule has 7 rings (SSSR count). The van der Waals surface area contributed by atoms with Gasteiger partial charge < -0.3 is 19.4 Å². The standard InChI is InChI=1S/C34H36F2N6O2/c1-21(35)32(43)42-16-15-41(19-23(42)9-13-37)31-27-17-28(36)26(25-7-3-5-22-8-10-34(11-12-34)30(22)25)18-29(27)38-33(39-31)44-20-24-6-4-14-40(24)2/h3,5,7,17-18,23-24H,1,4,6,8-12,14-16,19-20H2,2H3/t23-,24-/m0/s1.